The predicted molar refractivity (Wildman–Crippen MR) is 74.2 cm³/mol. The minimum absolute atomic E-state index is 0.585. The molecule has 0 spiro atoms. The summed E-state index contributed by atoms with van der Waals surface area (Å²) in [6.07, 6.45) is 6.72. The van der Waals surface area contributed by atoms with Gasteiger partial charge in [-0.25, -0.2) is 0 Å². The SMILES string of the molecule is CCCCCCC(NCC)c1sccc1C. The topological polar surface area (TPSA) is 12.0 Å². The molecule has 0 fully saturated rings. The van der Waals surface area contributed by atoms with Gasteiger partial charge in [0.1, 0.15) is 0 Å². The van der Waals surface area contributed by atoms with E-state index in [1.807, 2.05) is 11.3 Å². The lowest BCUT2D eigenvalue weighted by molar-refractivity contribution is 0.486. The quantitative estimate of drug-likeness (QED) is 0.650. The normalized spacial score (nSPS) is 12.9. The number of rotatable bonds is 8. The van der Waals surface area contributed by atoms with Gasteiger partial charge in [0.25, 0.3) is 0 Å². The van der Waals surface area contributed by atoms with Crippen molar-refractivity contribution in [2.75, 3.05) is 6.54 Å². The molecule has 0 radical (unpaired) electrons. The maximum Gasteiger partial charge on any atom is 0.0417 e. The first kappa shape index (κ1) is 13.7. The summed E-state index contributed by atoms with van der Waals surface area (Å²) in [5, 5.41) is 5.82. The fraction of sp³-hybridized carbons (Fsp3) is 0.714. The fourth-order valence-corrected chi connectivity index (χ4v) is 3.13. The van der Waals surface area contributed by atoms with Crippen LogP contribution in [0.3, 0.4) is 0 Å². The van der Waals surface area contributed by atoms with Gasteiger partial charge < -0.3 is 5.32 Å². The highest BCUT2D eigenvalue weighted by Gasteiger charge is 2.13. The Balaban J connectivity index is 2.45. The van der Waals surface area contributed by atoms with Crippen LogP contribution in [0.2, 0.25) is 0 Å². The minimum Gasteiger partial charge on any atom is -0.310 e. The summed E-state index contributed by atoms with van der Waals surface area (Å²) in [5.41, 5.74) is 1.45. The lowest BCUT2D eigenvalue weighted by atomic mass is 10.0. The van der Waals surface area contributed by atoms with Crippen molar-refractivity contribution in [1.82, 2.24) is 5.32 Å². The second kappa shape index (κ2) is 7.86. The zero-order valence-corrected chi connectivity index (χ0v) is 11.7. The van der Waals surface area contributed by atoms with Gasteiger partial charge in [-0.2, -0.15) is 0 Å². The van der Waals surface area contributed by atoms with Crippen LogP contribution < -0.4 is 5.32 Å². The van der Waals surface area contributed by atoms with E-state index in [0.29, 0.717) is 6.04 Å². The second-order valence-electron chi connectivity index (χ2n) is 4.43. The van der Waals surface area contributed by atoms with Crippen molar-refractivity contribution in [3.8, 4) is 0 Å². The molecule has 0 aromatic carbocycles. The van der Waals surface area contributed by atoms with Crippen LogP contribution in [-0.4, -0.2) is 6.54 Å². The third-order valence-corrected chi connectivity index (χ3v) is 4.15. The van der Waals surface area contributed by atoms with E-state index in [1.165, 1.54) is 37.7 Å². The Kier molecular flexibility index (Phi) is 6.74. The maximum absolute atomic E-state index is 3.61. The van der Waals surface area contributed by atoms with Crippen molar-refractivity contribution in [2.45, 2.75) is 58.9 Å². The van der Waals surface area contributed by atoms with Crippen molar-refractivity contribution in [2.24, 2.45) is 0 Å². The van der Waals surface area contributed by atoms with Gasteiger partial charge in [0.2, 0.25) is 0 Å². The van der Waals surface area contributed by atoms with Crippen molar-refractivity contribution in [3.63, 3.8) is 0 Å². The van der Waals surface area contributed by atoms with Gasteiger partial charge in [-0.3, -0.25) is 0 Å². The Bertz CT molecular complexity index is 280. The molecule has 0 bridgehead atoms. The highest BCUT2D eigenvalue weighted by Crippen LogP contribution is 2.27. The molecule has 2 heteroatoms. The van der Waals surface area contributed by atoms with Gasteiger partial charge in [0, 0.05) is 10.9 Å². The zero-order valence-electron chi connectivity index (χ0n) is 10.9. The number of hydrogen-bond donors (Lipinski definition) is 1. The smallest absolute Gasteiger partial charge is 0.0417 e. The van der Waals surface area contributed by atoms with E-state index < -0.39 is 0 Å². The lowest BCUT2D eigenvalue weighted by Gasteiger charge is -2.17. The first-order valence-corrected chi connectivity index (χ1v) is 7.44. The van der Waals surface area contributed by atoms with Gasteiger partial charge in [0.15, 0.2) is 0 Å². The number of nitrogens with one attached hydrogen (secondary N) is 1. The molecule has 1 aromatic heterocycles. The summed E-state index contributed by atoms with van der Waals surface area (Å²) in [4.78, 5) is 1.54. The first-order chi connectivity index (χ1) is 7.79. The highest BCUT2D eigenvalue weighted by atomic mass is 32.1. The average Bonchev–Trinajstić information content (AvgIpc) is 2.69. The Morgan fingerprint density at radius 2 is 2.06 bits per heavy atom. The molecule has 16 heavy (non-hydrogen) atoms. The summed E-state index contributed by atoms with van der Waals surface area (Å²) in [7, 11) is 0. The molecular formula is C14H25NS. The molecule has 0 aliphatic heterocycles. The molecule has 0 aliphatic carbocycles. The third kappa shape index (κ3) is 4.26. The van der Waals surface area contributed by atoms with Crippen molar-refractivity contribution >= 4 is 11.3 Å². The highest BCUT2D eigenvalue weighted by molar-refractivity contribution is 7.10. The van der Waals surface area contributed by atoms with Crippen LogP contribution in [0, 0.1) is 6.92 Å². The Labute approximate surface area is 104 Å². The van der Waals surface area contributed by atoms with Crippen LogP contribution >= 0.6 is 11.3 Å². The van der Waals surface area contributed by atoms with Crippen molar-refractivity contribution < 1.29 is 0 Å². The summed E-state index contributed by atoms with van der Waals surface area (Å²) in [6, 6.07) is 2.82. The van der Waals surface area contributed by atoms with Crippen LogP contribution in [0.25, 0.3) is 0 Å². The summed E-state index contributed by atoms with van der Waals surface area (Å²) >= 11 is 1.90. The molecule has 1 rings (SSSR count). The molecule has 0 aliphatic rings. The summed E-state index contributed by atoms with van der Waals surface area (Å²) < 4.78 is 0. The van der Waals surface area contributed by atoms with Gasteiger partial charge >= 0.3 is 0 Å². The Morgan fingerprint density at radius 3 is 2.62 bits per heavy atom. The lowest BCUT2D eigenvalue weighted by Crippen LogP contribution is -2.20. The zero-order chi connectivity index (χ0) is 11.8. The minimum atomic E-state index is 0.585. The van der Waals surface area contributed by atoms with E-state index in [-0.39, 0.29) is 0 Å². The number of unbranched alkanes of at least 4 members (excludes halogenated alkanes) is 3. The maximum atomic E-state index is 3.61. The first-order valence-electron chi connectivity index (χ1n) is 6.57. The second-order valence-corrected chi connectivity index (χ2v) is 5.38. The average molecular weight is 239 g/mol. The van der Waals surface area contributed by atoms with Gasteiger partial charge in [-0.05, 0) is 36.9 Å². The predicted octanol–water partition coefficient (Wildman–Crippen LogP) is 4.68. The summed E-state index contributed by atoms with van der Waals surface area (Å²) in [6.45, 7) is 7.76. The monoisotopic (exact) mass is 239 g/mol. The van der Waals surface area contributed by atoms with Gasteiger partial charge in [-0.1, -0.05) is 39.5 Å². The van der Waals surface area contributed by atoms with Crippen LogP contribution in [0.15, 0.2) is 11.4 Å². The molecule has 0 saturated carbocycles. The van der Waals surface area contributed by atoms with E-state index in [9.17, 15) is 0 Å². The summed E-state index contributed by atoms with van der Waals surface area (Å²) in [5.74, 6) is 0. The molecule has 0 amide bonds. The van der Waals surface area contributed by atoms with Gasteiger partial charge in [-0.15, -0.1) is 11.3 Å². The Hall–Kier alpha value is -0.340. The van der Waals surface area contributed by atoms with Gasteiger partial charge in [0.05, 0.1) is 0 Å². The number of thiophene rings is 1. The molecular weight excluding hydrogens is 214 g/mol. The van der Waals surface area contributed by atoms with E-state index in [4.69, 9.17) is 0 Å². The third-order valence-electron chi connectivity index (χ3n) is 3.02. The van der Waals surface area contributed by atoms with Crippen LogP contribution in [-0.2, 0) is 0 Å². The van der Waals surface area contributed by atoms with Crippen LogP contribution in [0.4, 0.5) is 0 Å². The van der Waals surface area contributed by atoms with E-state index in [2.05, 4.69) is 37.5 Å². The van der Waals surface area contributed by atoms with E-state index in [0.717, 1.165) is 6.54 Å². The number of hydrogen-bond acceptors (Lipinski definition) is 2. The van der Waals surface area contributed by atoms with Crippen LogP contribution in [0.1, 0.15) is 62.4 Å². The molecule has 1 atom stereocenters. The van der Waals surface area contributed by atoms with Crippen LogP contribution in [0.5, 0.6) is 0 Å². The largest absolute Gasteiger partial charge is 0.310 e. The van der Waals surface area contributed by atoms with E-state index >= 15 is 0 Å². The molecule has 1 heterocycles. The molecule has 0 saturated heterocycles. The molecule has 1 aromatic rings. The standard InChI is InChI=1S/C14H25NS/c1-4-6-7-8-9-13(15-5-2)14-12(3)10-11-16-14/h10-11,13,15H,4-9H2,1-3H3. The molecule has 1 unspecified atom stereocenters. The number of aryl methyl sites for hydroxylation is 1. The van der Waals surface area contributed by atoms with Crippen molar-refractivity contribution in [3.05, 3.63) is 21.9 Å². The van der Waals surface area contributed by atoms with Crippen molar-refractivity contribution in [1.29, 1.82) is 0 Å². The fourth-order valence-electron chi connectivity index (χ4n) is 2.09. The Morgan fingerprint density at radius 1 is 1.25 bits per heavy atom. The molecule has 1 N–H and O–H groups in total. The molecule has 1 nitrogen and oxygen atoms in total. The van der Waals surface area contributed by atoms with E-state index in [1.54, 1.807) is 4.88 Å². The molecule has 92 valence electrons.